The lowest BCUT2D eigenvalue weighted by Crippen LogP contribution is -1.88. The Morgan fingerprint density at radius 2 is 2.56 bits per heavy atom. The summed E-state index contributed by atoms with van der Waals surface area (Å²) in [5.41, 5.74) is 0. The number of rotatable bonds is 1. The zero-order valence-corrected chi connectivity index (χ0v) is 4.74. The van der Waals surface area contributed by atoms with Crippen LogP contribution < -0.4 is 0 Å². The number of hydrogen-bond acceptors (Lipinski definition) is 2. The quantitative estimate of drug-likeness (QED) is 0.562. The highest BCUT2D eigenvalue weighted by Crippen LogP contribution is 2.10. The molecule has 2 nitrogen and oxygen atoms in total. The van der Waals surface area contributed by atoms with Crippen molar-refractivity contribution in [2.24, 2.45) is 0 Å². The third-order valence-electron chi connectivity index (χ3n) is 0.971. The molecule has 1 rings (SSSR count). The van der Waals surface area contributed by atoms with Crippen LogP contribution in [-0.2, 0) is 0 Å². The van der Waals surface area contributed by atoms with E-state index in [1.165, 1.54) is 6.26 Å². The van der Waals surface area contributed by atoms with Crippen LogP contribution in [0.5, 0.6) is 0 Å². The van der Waals surface area contributed by atoms with Crippen LogP contribution in [0.15, 0.2) is 22.8 Å². The number of aliphatic hydroxyl groups is 1. The molecule has 0 fully saturated rings. The average Bonchev–Trinajstić information content (AvgIpc) is 2.37. The molecule has 1 aromatic heterocycles. The van der Waals surface area contributed by atoms with E-state index in [1.54, 1.807) is 12.1 Å². The second-order valence-corrected chi connectivity index (χ2v) is 1.58. The van der Waals surface area contributed by atoms with Gasteiger partial charge < -0.3 is 9.52 Å². The Balaban J connectivity index is 2.80. The number of terminal acetylenes is 1. The molecule has 0 saturated heterocycles. The van der Waals surface area contributed by atoms with Crippen LogP contribution in [0.3, 0.4) is 0 Å². The van der Waals surface area contributed by atoms with Gasteiger partial charge in [0.05, 0.1) is 6.26 Å². The normalized spacial score (nSPS) is 12.4. The van der Waals surface area contributed by atoms with Gasteiger partial charge in [0, 0.05) is 0 Å². The second kappa shape index (κ2) is 2.38. The van der Waals surface area contributed by atoms with Crippen LogP contribution in [0, 0.1) is 12.3 Å². The standard InChI is InChI=1S/C7H6O2/c1-2-6(8)7-4-3-5-9-7/h1,3-6,8H/t6-/m1/s1. The summed E-state index contributed by atoms with van der Waals surface area (Å²) in [6, 6.07) is 3.31. The molecule has 0 unspecified atom stereocenters. The maximum Gasteiger partial charge on any atom is 0.172 e. The Morgan fingerprint density at radius 3 is 3.00 bits per heavy atom. The molecule has 1 aromatic rings. The highest BCUT2D eigenvalue weighted by molar-refractivity contribution is 5.11. The molecule has 46 valence electrons. The Morgan fingerprint density at radius 1 is 1.78 bits per heavy atom. The van der Waals surface area contributed by atoms with E-state index in [0.29, 0.717) is 5.76 Å². The summed E-state index contributed by atoms with van der Waals surface area (Å²) < 4.78 is 4.79. The van der Waals surface area contributed by atoms with Crippen LogP contribution in [-0.4, -0.2) is 5.11 Å². The predicted octanol–water partition coefficient (Wildman–Crippen LogP) is 0.946. The lowest BCUT2D eigenvalue weighted by Gasteiger charge is -1.94. The van der Waals surface area contributed by atoms with Crippen LogP contribution >= 0.6 is 0 Å². The van der Waals surface area contributed by atoms with Crippen molar-refractivity contribution in [1.82, 2.24) is 0 Å². The highest BCUT2D eigenvalue weighted by atomic mass is 16.4. The fourth-order valence-electron chi connectivity index (χ4n) is 0.529. The zero-order chi connectivity index (χ0) is 6.69. The van der Waals surface area contributed by atoms with Crippen molar-refractivity contribution >= 4 is 0 Å². The minimum atomic E-state index is -0.903. The van der Waals surface area contributed by atoms with E-state index in [9.17, 15) is 0 Å². The summed E-state index contributed by atoms with van der Waals surface area (Å²) >= 11 is 0. The van der Waals surface area contributed by atoms with Crippen molar-refractivity contribution in [3.05, 3.63) is 24.2 Å². The summed E-state index contributed by atoms with van der Waals surface area (Å²) in [7, 11) is 0. The van der Waals surface area contributed by atoms with E-state index >= 15 is 0 Å². The fourth-order valence-corrected chi connectivity index (χ4v) is 0.529. The summed E-state index contributed by atoms with van der Waals surface area (Å²) in [6.07, 6.45) is 5.47. The van der Waals surface area contributed by atoms with Crippen LogP contribution in [0.1, 0.15) is 11.9 Å². The predicted molar refractivity (Wildman–Crippen MR) is 32.5 cm³/mol. The van der Waals surface area contributed by atoms with Gasteiger partial charge in [-0.2, -0.15) is 0 Å². The number of furan rings is 1. The van der Waals surface area contributed by atoms with Crippen molar-refractivity contribution in [2.45, 2.75) is 6.10 Å². The van der Waals surface area contributed by atoms with Crippen LogP contribution in [0.2, 0.25) is 0 Å². The van der Waals surface area contributed by atoms with E-state index in [4.69, 9.17) is 15.9 Å². The second-order valence-electron chi connectivity index (χ2n) is 1.58. The molecule has 0 amide bonds. The molecule has 0 bridgehead atoms. The van der Waals surface area contributed by atoms with Gasteiger partial charge in [-0.1, -0.05) is 5.92 Å². The molecule has 0 aliphatic carbocycles. The van der Waals surface area contributed by atoms with Crippen LogP contribution in [0.25, 0.3) is 0 Å². The summed E-state index contributed by atoms with van der Waals surface area (Å²) in [5.74, 6) is 2.54. The van der Waals surface area contributed by atoms with Gasteiger partial charge in [-0.15, -0.1) is 6.42 Å². The molecule has 0 aliphatic heterocycles. The molecule has 9 heavy (non-hydrogen) atoms. The lowest BCUT2D eigenvalue weighted by molar-refractivity contribution is 0.206. The fraction of sp³-hybridized carbons (Fsp3) is 0.143. The molecule has 0 spiro atoms. The molecular weight excluding hydrogens is 116 g/mol. The first-order chi connectivity index (χ1) is 4.34. The monoisotopic (exact) mass is 122 g/mol. The zero-order valence-electron chi connectivity index (χ0n) is 4.74. The van der Waals surface area contributed by atoms with Crippen molar-refractivity contribution in [3.63, 3.8) is 0 Å². The van der Waals surface area contributed by atoms with E-state index in [2.05, 4.69) is 5.92 Å². The van der Waals surface area contributed by atoms with Crippen molar-refractivity contribution in [1.29, 1.82) is 0 Å². The Kier molecular flexibility index (Phi) is 1.57. The highest BCUT2D eigenvalue weighted by Gasteiger charge is 2.03. The molecule has 0 aliphatic rings. The van der Waals surface area contributed by atoms with E-state index in [-0.39, 0.29) is 0 Å². The van der Waals surface area contributed by atoms with Gasteiger partial charge >= 0.3 is 0 Å². The average molecular weight is 122 g/mol. The third kappa shape index (κ3) is 1.13. The first-order valence-electron chi connectivity index (χ1n) is 2.52. The van der Waals surface area contributed by atoms with Gasteiger partial charge in [-0.25, -0.2) is 0 Å². The van der Waals surface area contributed by atoms with E-state index in [0.717, 1.165) is 0 Å². The van der Waals surface area contributed by atoms with Crippen molar-refractivity contribution in [3.8, 4) is 12.3 Å². The largest absolute Gasteiger partial charge is 0.466 e. The molecule has 1 atom stereocenters. The van der Waals surface area contributed by atoms with Gasteiger partial charge in [0.1, 0.15) is 5.76 Å². The van der Waals surface area contributed by atoms with E-state index in [1.807, 2.05) is 0 Å². The first-order valence-corrected chi connectivity index (χ1v) is 2.52. The van der Waals surface area contributed by atoms with Gasteiger partial charge in [0.15, 0.2) is 6.10 Å². The SMILES string of the molecule is C#C[C@@H](O)c1ccco1. The molecule has 1 heterocycles. The van der Waals surface area contributed by atoms with Crippen molar-refractivity contribution < 1.29 is 9.52 Å². The Bertz CT molecular complexity index is 205. The molecule has 1 N–H and O–H groups in total. The lowest BCUT2D eigenvalue weighted by atomic mass is 10.3. The Hall–Kier alpha value is -1.20. The van der Waals surface area contributed by atoms with Crippen molar-refractivity contribution in [2.75, 3.05) is 0 Å². The Labute approximate surface area is 53.1 Å². The molecule has 2 heteroatoms. The molecule has 0 radical (unpaired) electrons. The smallest absolute Gasteiger partial charge is 0.172 e. The maximum atomic E-state index is 8.89. The first kappa shape index (κ1) is 5.93. The topological polar surface area (TPSA) is 33.4 Å². The molecule has 0 aromatic carbocycles. The van der Waals surface area contributed by atoms with Gasteiger partial charge in [-0.05, 0) is 12.1 Å². The molecular formula is C7H6O2. The van der Waals surface area contributed by atoms with Gasteiger partial charge in [0.25, 0.3) is 0 Å². The number of hydrogen-bond donors (Lipinski definition) is 1. The third-order valence-corrected chi connectivity index (χ3v) is 0.971. The molecule has 0 saturated carbocycles. The number of aliphatic hydroxyl groups excluding tert-OH is 1. The maximum absolute atomic E-state index is 8.89. The summed E-state index contributed by atoms with van der Waals surface area (Å²) in [5, 5.41) is 8.89. The van der Waals surface area contributed by atoms with Crippen LogP contribution in [0.4, 0.5) is 0 Å². The summed E-state index contributed by atoms with van der Waals surface area (Å²) in [6.45, 7) is 0. The van der Waals surface area contributed by atoms with Gasteiger partial charge in [-0.3, -0.25) is 0 Å². The minimum Gasteiger partial charge on any atom is -0.466 e. The van der Waals surface area contributed by atoms with Gasteiger partial charge in [0.2, 0.25) is 0 Å². The van der Waals surface area contributed by atoms with E-state index < -0.39 is 6.10 Å². The minimum absolute atomic E-state index is 0.414. The summed E-state index contributed by atoms with van der Waals surface area (Å²) in [4.78, 5) is 0.